The molecule has 0 aromatic carbocycles. The maximum Gasteiger partial charge on any atom is 0.0901 e. The molecule has 0 aliphatic rings. The number of thiazole rings is 1. The molecule has 0 spiro atoms. The number of nitrogens with zero attached hydrogens (tertiary/aromatic N) is 1. The molecule has 0 saturated heterocycles. The Kier molecular flexibility index (Phi) is 3.29. The van der Waals surface area contributed by atoms with E-state index in [4.69, 9.17) is 0 Å². The van der Waals surface area contributed by atoms with Crippen molar-refractivity contribution < 1.29 is 5.11 Å². The number of hydrogen-bond donors (Lipinski definition) is 1. The molecule has 2 aromatic heterocycles. The summed E-state index contributed by atoms with van der Waals surface area (Å²) in [4.78, 5) is 4.91. The third-order valence-electron chi connectivity index (χ3n) is 2.07. The van der Waals surface area contributed by atoms with Crippen molar-refractivity contribution in [1.82, 2.24) is 4.98 Å². The van der Waals surface area contributed by atoms with Gasteiger partial charge in [0.2, 0.25) is 0 Å². The Hall–Kier alpha value is -0.710. The normalized spacial score (nSPS) is 12.9. The summed E-state index contributed by atoms with van der Waals surface area (Å²) in [6.45, 7) is 0. The van der Waals surface area contributed by atoms with Gasteiger partial charge in [-0.25, -0.2) is 0 Å². The van der Waals surface area contributed by atoms with E-state index in [9.17, 15) is 5.11 Å². The van der Waals surface area contributed by atoms with Crippen molar-refractivity contribution in [2.24, 2.45) is 0 Å². The van der Waals surface area contributed by atoms with E-state index < -0.39 is 0 Å². The Morgan fingerprint density at radius 3 is 3.07 bits per heavy atom. The predicted octanol–water partition coefficient (Wildman–Crippen LogP) is 2.87. The van der Waals surface area contributed by atoms with E-state index in [1.165, 1.54) is 16.9 Å². The summed E-state index contributed by atoms with van der Waals surface area (Å²) < 4.78 is 0. The van der Waals surface area contributed by atoms with Crippen LogP contribution in [0.2, 0.25) is 0 Å². The third-order valence-corrected chi connectivity index (χ3v) is 3.68. The smallest absolute Gasteiger partial charge is 0.0901 e. The van der Waals surface area contributed by atoms with E-state index in [2.05, 4.69) is 21.8 Å². The summed E-state index contributed by atoms with van der Waals surface area (Å²) in [6, 6.07) is 2.10. The minimum Gasteiger partial charge on any atom is -0.388 e. The first kappa shape index (κ1) is 9.83. The molecule has 14 heavy (non-hydrogen) atoms. The largest absolute Gasteiger partial charge is 0.388 e. The quantitative estimate of drug-likeness (QED) is 0.868. The summed E-state index contributed by atoms with van der Waals surface area (Å²) in [7, 11) is 0. The van der Waals surface area contributed by atoms with Crippen LogP contribution >= 0.6 is 22.7 Å². The lowest BCUT2D eigenvalue weighted by Gasteiger charge is -2.05. The average molecular weight is 225 g/mol. The van der Waals surface area contributed by atoms with Crippen molar-refractivity contribution in [2.75, 3.05) is 0 Å². The van der Waals surface area contributed by atoms with Crippen molar-refractivity contribution >= 4 is 22.7 Å². The summed E-state index contributed by atoms with van der Waals surface area (Å²) in [5.41, 5.74) is 3.06. The van der Waals surface area contributed by atoms with Crippen molar-refractivity contribution in [3.05, 3.63) is 39.0 Å². The lowest BCUT2D eigenvalue weighted by molar-refractivity contribution is 0.171. The monoisotopic (exact) mass is 225 g/mol. The van der Waals surface area contributed by atoms with Gasteiger partial charge < -0.3 is 5.11 Å². The van der Waals surface area contributed by atoms with Crippen LogP contribution in [0.5, 0.6) is 0 Å². The van der Waals surface area contributed by atoms with Gasteiger partial charge in [-0.2, -0.15) is 11.3 Å². The SMILES string of the molecule is OC(CCc1ccsc1)c1cncs1. The highest BCUT2D eigenvalue weighted by Gasteiger charge is 2.08. The van der Waals surface area contributed by atoms with E-state index in [1.807, 2.05) is 0 Å². The highest BCUT2D eigenvalue weighted by Crippen LogP contribution is 2.22. The predicted molar refractivity (Wildman–Crippen MR) is 59.7 cm³/mol. The Morgan fingerprint density at radius 1 is 1.50 bits per heavy atom. The minimum absolute atomic E-state index is 0.359. The molecule has 1 atom stereocenters. The average Bonchev–Trinajstić information content (AvgIpc) is 2.87. The zero-order valence-corrected chi connectivity index (χ0v) is 9.22. The summed E-state index contributed by atoms with van der Waals surface area (Å²) >= 11 is 3.21. The van der Waals surface area contributed by atoms with Gasteiger partial charge in [0.1, 0.15) is 0 Å². The van der Waals surface area contributed by atoms with E-state index in [0.29, 0.717) is 0 Å². The standard InChI is InChI=1S/C10H11NOS2/c12-9(10-5-11-7-14-10)2-1-8-3-4-13-6-8/h3-7,9,12H,1-2H2. The fourth-order valence-corrected chi connectivity index (χ4v) is 2.61. The van der Waals surface area contributed by atoms with Crippen LogP contribution < -0.4 is 0 Å². The van der Waals surface area contributed by atoms with Crippen LogP contribution in [0.15, 0.2) is 28.5 Å². The van der Waals surface area contributed by atoms with Crippen LogP contribution in [0.25, 0.3) is 0 Å². The highest BCUT2D eigenvalue weighted by atomic mass is 32.1. The molecule has 0 aliphatic carbocycles. The molecular weight excluding hydrogens is 214 g/mol. The van der Waals surface area contributed by atoms with Crippen molar-refractivity contribution in [3.8, 4) is 0 Å². The van der Waals surface area contributed by atoms with Crippen LogP contribution in [0.4, 0.5) is 0 Å². The van der Waals surface area contributed by atoms with E-state index in [-0.39, 0.29) is 6.10 Å². The lowest BCUT2D eigenvalue weighted by Crippen LogP contribution is -1.96. The number of aliphatic hydroxyl groups excluding tert-OH is 1. The molecule has 1 N–H and O–H groups in total. The molecule has 2 heterocycles. The van der Waals surface area contributed by atoms with Crippen LogP contribution in [0.3, 0.4) is 0 Å². The topological polar surface area (TPSA) is 33.1 Å². The Balaban J connectivity index is 1.87. The number of thiophene rings is 1. The molecule has 0 aliphatic heterocycles. The third kappa shape index (κ3) is 2.41. The fraction of sp³-hybridized carbons (Fsp3) is 0.300. The van der Waals surface area contributed by atoms with E-state index in [0.717, 1.165) is 17.7 Å². The van der Waals surface area contributed by atoms with Crippen LogP contribution in [0.1, 0.15) is 23.0 Å². The van der Waals surface area contributed by atoms with Gasteiger partial charge in [-0.3, -0.25) is 4.98 Å². The van der Waals surface area contributed by atoms with Crippen LogP contribution in [0, 0.1) is 0 Å². The molecule has 74 valence electrons. The van der Waals surface area contributed by atoms with Crippen molar-refractivity contribution in [3.63, 3.8) is 0 Å². The maximum absolute atomic E-state index is 9.78. The first-order valence-electron chi connectivity index (χ1n) is 4.44. The Morgan fingerprint density at radius 2 is 2.43 bits per heavy atom. The Bertz CT molecular complexity index is 355. The molecule has 1 unspecified atom stereocenters. The number of hydrogen-bond acceptors (Lipinski definition) is 4. The fourth-order valence-electron chi connectivity index (χ4n) is 1.27. The van der Waals surface area contributed by atoms with Crippen LogP contribution in [-0.2, 0) is 6.42 Å². The first-order chi connectivity index (χ1) is 6.86. The molecule has 0 radical (unpaired) electrons. The van der Waals surface area contributed by atoms with E-state index >= 15 is 0 Å². The summed E-state index contributed by atoms with van der Waals surface area (Å²) in [5, 5.41) is 14.0. The van der Waals surface area contributed by atoms with Gasteiger partial charge >= 0.3 is 0 Å². The van der Waals surface area contributed by atoms with Gasteiger partial charge in [0, 0.05) is 6.20 Å². The number of aryl methyl sites for hydroxylation is 1. The van der Waals surface area contributed by atoms with Gasteiger partial charge in [-0.15, -0.1) is 11.3 Å². The second kappa shape index (κ2) is 4.68. The first-order valence-corrected chi connectivity index (χ1v) is 6.26. The lowest BCUT2D eigenvalue weighted by atomic mass is 10.1. The molecule has 0 amide bonds. The van der Waals surface area contributed by atoms with Gasteiger partial charge in [-0.1, -0.05) is 0 Å². The highest BCUT2D eigenvalue weighted by molar-refractivity contribution is 7.09. The van der Waals surface area contributed by atoms with Crippen molar-refractivity contribution in [1.29, 1.82) is 0 Å². The molecular formula is C10H11NOS2. The minimum atomic E-state index is -0.359. The number of rotatable bonds is 4. The van der Waals surface area contributed by atoms with Gasteiger partial charge in [0.05, 0.1) is 16.5 Å². The summed E-state index contributed by atoms with van der Waals surface area (Å²) in [5.74, 6) is 0. The molecule has 0 bridgehead atoms. The molecule has 2 nitrogen and oxygen atoms in total. The van der Waals surface area contributed by atoms with Crippen molar-refractivity contribution in [2.45, 2.75) is 18.9 Å². The molecule has 0 saturated carbocycles. The van der Waals surface area contributed by atoms with Gasteiger partial charge in [0.25, 0.3) is 0 Å². The zero-order valence-electron chi connectivity index (χ0n) is 7.59. The number of aromatic nitrogens is 1. The van der Waals surface area contributed by atoms with E-state index in [1.54, 1.807) is 23.0 Å². The molecule has 4 heteroatoms. The van der Waals surface area contributed by atoms with Crippen LogP contribution in [-0.4, -0.2) is 10.1 Å². The van der Waals surface area contributed by atoms with Gasteiger partial charge in [0.15, 0.2) is 0 Å². The maximum atomic E-state index is 9.78. The molecule has 2 aromatic rings. The Labute approximate surface area is 90.9 Å². The number of aliphatic hydroxyl groups is 1. The zero-order chi connectivity index (χ0) is 9.80. The molecule has 2 rings (SSSR count). The second-order valence-corrected chi connectivity index (χ2v) is 4.79. The summed E-state index contributed by atoms with van der Waals surface area (Å²) in [6.07, 6.45) is 3.09. The van der Waals surface area contributed by atoms with Gasteiger partial charge in [-0.05, 0) is 35.2 Å². The molecule has 0 fully saturated rings. The second-order valence-electron chi connectivity index (χ2n) is 3.09.